The summed E-state index contributed by atoms with van der Waals surface area (Å²) in [5.74, 6) is 1.04. The van der Waals surface area contributed by atoms with E-state index in [9.17, 15) is 4.79 Å². The molecule has 5 nitrogen and oxygen atoms in total. The van der Waals surface area contributed by atoms with Gasteiger partial charge in [-0.1, -0.05) is 13.8 Å². The third-order valence-corrected chi connectivity index (χ3v) is 3.43. The van der Waals surface area contributed by atoms with E-state index in [1.165, 1.54) is 0 Å². The van der Waals surface area contributed by atoms with Gasteiger partial charge in [-0.2, -0.15) is 0 Å². The molecule has 5 heteroatoms. The van der Waals surface area contributed by atoms with Crippen molar-refractivity contribution in [3.8, 4) is 0 Å². The number of nitrogens with zero attached hydrogens (tertiary/aromatic N) is 1. The molecule has 1 amide bonds. The minimum Gasteiger partial charge on any atom is -0.444 e. The summed E-state index contributed by atoms with van der Waals surface area (Å²) in [5, 5.41) is 3.39. The first-order chi connectivity index (χ1) is 9.58. The lowest BCUT2D eigenvalue weighted by molar-refractivity contribution is 0.0193. The molecule has 0 aliphatic heterocycles. The average molecular weight is 301 g/mol. The van der Waals surface area contributed by atoms with Gasteiger partial charge >= 0.3 is 6.09 Å². The first kappa shape index (κ1) is 20.2. The Morgan fingerprint density at radius 3 is 2.19 bits per heavy atom. The molecule has 0 saturated carbocycles. The molecule has 0 aromatic heterocycles. The minimum absolute atomic E-state index is 0.122. The van der Waals surface area contributed by atoms with Gasteiger partial charge in [0.15, 0.2) is 0 Å². The highest BCUT2D eigenvalue weighted by atomic mass is 16.6. The number of carbonyl (C=O) groups excluding carboxylic acids is 1. The Balaban J connectivity index is 4.26. The fourth-order valence-corrected chi connectivity index (χ4v) is 1.96. The molecule has 0 heterocycles. The van der Waals surface area contributed by atoms with Crippen molar-refractivity contribution in [2.24, 2.45) is 17.6 Å². The van der Waals surface area contributed by atoms with Crippen molar-refractivity contribution in [1.82, 2.24) is 10.2 Å². The third kappa shape index (κ3) is 8.94. The summed E-state index contributed by atoms with van der Waals surface area (Å²) in [4.78, 5) is 13.9. The molecule has 0 fully saturated rings. The van der Waals surface area contributed by atoms with Crippen molar-refractivity contribution in [3.63, 3.8) is 0 Å². The molecule has 0 aromatic carbocycles. The van der Waals surface area contributed by atoms with Crippen LogP contribution in [0.2, 0.25) is 0 Å². The number of hydrogen-bond acceptors (Lipinski definition) is 4. The quantitative estimate of drug-likeness (QED) is 0.676. The summed E-state index contributed by atoms with van der Waals surface area (Å²) in [6, 6.07) is 0.122. The van der Waals surface area contributed by atoms with Crippen molar-refractivity contribution < 1.29 is 9.53 Å². The number of amides is 1. The number of nitrogens with one attached hydrogen (secondary N) is 1. The molecule has 1 atom stereocenters. The van der Waals surface area contributed by atoms with E-state index in [1.807, 2.05) is 34.6 Å². The summed E-state index contributed by atoms with van der Waals surface area (Å²) in [6.07, 6.45) is -0.251. The lowest BCUT2D eigenvalue weighted by Crippen LogP contribution is -2.45. The van der Waals surface area contributed by atoms with E-state index in [1.54, 1.807) is 4.90 Å². The fourth-order valence-electron chi connectivity index (χ4n) is 1.96. The molecule has 0 aromatic rings. The Labute approximate surface area is 130 Å². The van der Waals surface area contributed by atoms with Crippen LogP contribution < -0.4 is 11.1 Å². The van der Waals surface area contributed by atoms with Gasteiger partial charge in [0.25, 0.3) is 0 Å². The molecular weight excluding hydrogens is 266 g/mol. The molecular formula is C16H35N3O2. The smallest absolute Gasteiger partial charge is 0.410 e. The largest absolute Gasteiger partial charge is 0.444 e. The Morgan fingerprint density at radius 2 is 1.81 bits per heavy atom. The minimum atomic E-state index is -0.458. The maximum absolute atomic E-state index is 12.1. The van der Waals surface area contributed by atoms with Crippen LogP contribution in [-0.2, 0) is 4.74 Å². The molecule has 21 heavy (non-hydrogen) atoms. The Morgan fingerprint density at radius 1 is 1.24 bits per heavy atom. The molecule has 0 aliphatic rings. The molecule has 0 aliphatic carbocycles. The van der Waals surface area contributed by atoms with Crippen LogP contribution in [0.3, 0.4) is 0 Å². The lowest BCUT2D eigenvalue weighted by Gasteiger charge is -2.30. The van der Waals surface area contributed by atoms with E-state index >= 15 is 0 Å². The number of ether oxygens (including phenoxy) is 1. The normalized spacial score (nSPS) is 13.6. The maximum atomic E-state index is 12.1. The predicted octanol–water partition coefficient (Wildman–Crippen LogP) is 2.45. The highest BCUT2D eigenvalue weighted by Gasteiger charge is 2.23. The van der Waals surface area contributed by atoms with Gasteiger partial charge in [0.2, 0.25) is 0 Å². The second kappa shape index (κ2) is 9.26. The zero-order valence-corrected chi connectivity index (χ0v) is 14.9. The van der Waals surface area contributed by atoms with E-state index in [2.05, 4.69) is 19.2 Å². The third-order valence-electron chi connectivity index (χ3n) is 3.43. The van der Waals surface area contributed by atoms with Gasteiger partial charge in [-0.05, 0) is 59.5 Å². The van der Waals surface area contributed by atoms with Crippen molar-refractivity contribution in [3.05, 3.63) is 0 Å². The summed E-state index contributed by atoms with van der Waals surface area (Å²) < 4.78 is 5.44. The number of nitrogens with two attached hydrogens (primary N) is 1. The highest BCUT2D eigenvalue weighted by Crippen LogP contribution is 2.12. The topological polar surface area (TPSA) is 67.6 Å². The number of carbonyl (C=O) groups is 1. The first-order valence-electron chi connectivity index (χ1n) is 7.98. The van der Waals surface area contributed by atoms with E-state index < -0.39 is 5.60 Å². The Bertz CT molecular complexity index is 298. The van der Waals surface area contributed by atoms with Gasteiger partial charge in [-0.3, -0.25) is 0 Å². The van der Waals surface area contributed by atoms with Crippen LogP contribution in [0.1, 0.15) is 48.5 Å². The number of hydrogen-bond donors (Lipinski definition) is 2. The van der Waals surface area contributed by atoms with Gasteiger partial charge in [-0.25, -0.2) is 4.79 Å². The zero-order chi connectivity index (χ0) is 16.6. The van der Waals surface area contributed by atoms with Gasteiger partial charge in [0.05, 0.1) is 0 Å². The second-order valence-corrected chi connectivity index (χ2v) is 7.21. The van der Waals surface area contributed by atoms with E-state index in [0.717, 1.165) is 13.1 Å². The predicted molar refractivity (Wildman–Crippen MR) is 88.3 cm³/mol. The van der Waals surface area contributed by atoms with E-state index in [0.29, 0.717) is 24.9 Å². The molecule has 0 rings (SSSR count). The fraction of sp³-hybridized carbons (Fsp3) is 0.938. The zero-order valence-electron chi connectivity index (χ0n) is 14.9. The maximum Gasteiger partial charge on any atom is 0.410 e. The molecule has 0 saturated heterocycles. The van der Waals surface area contributed by atoms with Crippen molar-refractivity contribution >= 4 is 6.09 Å². The number of rotatable bonds is 8. The van der Waals surface area contributed by atoms with Crippen LogP contribution in [0, 0.1) is 11.8 Å². The monoisotopic (exact) mass is 301 g/mol. The van der Waals surface area contributed by atoms with Gasteiger partial charge < -0.3 is 20.7 Å². The summed E-state index contributed by atoms with van der Waals surface area (Å²) in [7, 11) is 0. The van der Waals surface area contributed by atoms with Crippen molar-refractivity contribution in [2.75, 3.05) is 26.2 Å². The summed E-state index contributed by atoms with van der Waals surface area (Å²) >= 11 is 0. The van der Waals surface area contributed by atoms with E-state index in [4.69, 9.17) is 10.5 Å². The molecule has 126 valence electrons. The van der Waals surface area contributed by atoms with Crippen molar-refractivity contribution in [2.45, 2.75) is 60.1 Å². The molecule has 3 N–H and O–H groups in total. The first-order valence-corrected chi connectivity index (χ1v) is 7.98. The second-order valence-electron chi connectivity index (χ2n) is 7.21. The van der Waals surface area contributed by atoms with Crippen LogP contribution in [0.4, 0.5) is 4.79 Å². The molecule has 0 radical (unpaired) electrons. The van der Waals surface area contributed by atoms with E-state index in [-0.39, 0.29) is 12.1 Å². The highest BCUT2D eigenvalue weighted by molar-refractivity contribution is 5.68. The average Bonchev–Trinajstić information content (AvgIpc) is 2.30. The van der Waals surface area contributed by atoms with Crippen molar-refractivity contribution in [1.29, 1.82) is 0 Å². The van der Waals surface area contributed by atoms with Gasteiger partial charge in [0.1, 0.15) is 5.60 Å². The molecule has 0 bridgehead atoms. The van der Waals surface area contributed by atoms with Crippen LogP contribution in [0.5, 0.6) is 0 Å². The molecule has 0 spiro atoms. The lowest BCUT2D eigenvalue weighted by atomic mass is 9.96. The van der Waals surface area contributed by atoms with Crippen LogP contribution in [0.15, 0.2) is 0 Å². The van der Waals surface area contributed by atoms with Gasteiger partial charge in [0, 0.05) is 19.1 Å². The standard InChI is InChI=1S/C16H35N3O2/c1-12(2)14(10-17)11-18-8-9-19(13(3)4)15(20)21-16(5,6)7/h12-14,18H,8-11,17H2,1-7H3. The summed E-state index contributed by atoms with van der Waals surface area (Å²) in [5.41, 5.74) is 5.30. The van der Waals surface area contributed by atoms with Gasteiger partial charge in [-0.15, -0.1) is 0 Å². The van der Waals surface area contributed by atoms with Crippen LogP contribution in [-0.4, -0.2) is 48.8 Å². The Kier molecular flexibility index (Phi) is 8.90. The van der Waals surface area contributed by atoms with Crippen LogP contribution >= 0.6 is 0 Å². The summed E-state index contributed by atoms with van der Waals surface area (Å²) in [6.45, 7) is 17.0. The van der Waals surface area contributed by atoms with Crippen LogP contribution in [0.25, 0.3) is 0 Å². The SMILES string of the molecule is CC(C)C(CN)CNCCN(C(=O)OC(C)(C)C)C(C)C. The molecule has 1 unspecified atom stereocenters. The Hall–Kier alpha value is -0.810.